The normalized spacial score (nSPS) is 14.8. The number of carbonyl (C=O) groups excluding carboxylic acids is 1. The van der Waals surface area contributed by atoms with Gasteiger partial charge in [-0.25, -0.2) is 4.79 Å². The van der Waals surface area contributed by atoms with Gasteiger partial charge in [0.1, 0.15) is 5.75 Å². The minimum absolute atomic E-state index is 0.0921. The maximum Gasteiger partial charge on any atom is 0.460 e. The molecule has 0 fully saturated rings. The average Bonchev–Trinajstić information content (AvgIpc) is 2.85. The molecule has 0 radical (unpaired) electrons. The summed E-state index contributed by atoms with van der Waals surface area (Å²) in [5, 5.41) is 1.95. The van der Waals surface area contributed by atoms with Crippen LogP contribution in [0.5, 0.6) is 5.75 Å². The molecule has 1 aromatic rings. The van der Waals surface area contributed by atoms with Crippen molar-refractivity contribution in [2.75, 3.05) is 11.9 Å². The number of halogens is 17. The topological polar surface area (TPSA) is 47.6 Å². The Balaban J connectivity index is 3.35. The third kappa shape index (κ3) is 6.57. The molecule has 0 aliphatic carbocycles. The van der Waals surface area contributed by atoms with Crippen LogP contribution in [0, 0.1) is 0 Å². The molecular weight excluding hydrogens is 637 g/mol. The fraction of sp³-hybridized carbons (Fsp3) is 0.571. The number of carbonyl (C=O) groups is 1. The van der Waals surface area contributed by atoms with Crippen LogP contribution in [0.1, 0.15) is 26.2 Å². The molecule has 0 aliphatic rings. The highest BCUT2D eigenvalue weighted by atomic mass is 19.4. The lowest BCUT2D eigenvalue weighted by Gasteiger charge is -2.41. The zero-order valence-corrected chi connectivity index (χ0v) is 20.3. The molecule has 42 heavy (non-hydrogen) atoms. The van der Waals surface area contributed by atoms with Gasteiger partial charge in [-0.2, -0.15) is 74.6 Å². The number of benzene rings is 1. The Morgan fingerprint density at radius 1 is 0.738 bits per heavy atom. The van der Waals surface area contributed by atoms with Crippen molar-refractivity contribution in [3.63, 3.8) is 0 Å². The van der Waals surface area contributed by atoms with Crippen LogP contribution in [0.15, 0.2) is 36.1 Å². The van der Waals surface area contributed by atoms with Crippen LogP contribution in [0.2, 0.25) is 0 Å². The SMILES string of the molecule is CCCCCOC(=O)Nc1cccc(OC(F)=C(F)C(F)(F)C(F)(F)C(F)(F)C(F)(F)C(F)(F)C(F)(F)C(F)(F)F)c1. The smallest absolute Gasteiger partial charge is 0.449 e. The van der Waals surface area contributed by atoms with Crippen molar-refractivity contribution in [2.24, 2.45) is 0 Å². The minimum Gasteiger partial charge on any atom is -0.449 e. The average molecular weight is 653 g/mol. The Morgan fingerprint density at radius 2 is 1.24 bits per heavy atom. The first-order valence-electron chi connectivity index (χ1n) is 10.8. The van der Waals surface area contributed by atoms with Crippen molar-refractivity contribution in [1.29, 1.82) is 0 Å². The number of unbranched alkanes of at least 4 members (excludes halogenated alkanes) is 2. The summed E-state index contributed by atoms with van der Waals surface area (Å²) in [6.45, 7) is 1.73. The van der Waals surface area contributed by atoms with Crippen LogP contribution in [0.25, 0.3) is 0 Å². The predicted octanol–water partition coefficient (Wildman–Crippen LogP) is 9.29. The highest BCUT2D eigenvalue weighted by Crippen LogP contribution is 2.63. The summed E-state index contributed by atoms with van der Waals surface area (Å²) < 4.78 is 234. The van der Waals surface area contributed by atoms with Gasteiger partial charge in [-0.1, -0.05) is 25.8 Å². The van der Waals surface area contributed by atoms with Gasteiger partial charge in [0.15, 0.2) is 0 Å². The first-order chi connectivity index (χ1) is 18.7. The van der Waals surface area contributed by atoms with Crippen LogP contribution in [0.3, 0.4) is 0 Å². The summed E-state index contributed by atoms with van der Waals surface area (Å²) in [5.74, 6) is -55.7. The molecule has 242 valence electrons. The predicted molar refractivity (Wildman–Crippen MR) is 107 cm³/mol. The first-order valence-corrected chi connectivity index (χ1v) is 10.8. The molecule has 1 rings (SSSR count). The van der Waals surface area contributed by atoms with Crippen LogP contribution in [-0.4, -0.2) is 54.4 Å². The van der Waals surface area contributed by atoms with Crippen LogP contribution >= 0.6 is 0 Å². The maximum absolute atomic E-state index is 13.9. The summed E-state index contributed by atoms with van der Waals surface area (Å²) in [6.07, 6.45) is -7.15. The quantitative estimate of drug-likeness (QED) is 0.131. The molecule has 0 atom stereocenters. The van der Waals surface area contributed by atoms with E-state index in [4.69, 9.17) is 4.74 Å². The number of amides is 1. The lowest BCUT2D eigenvalue weighted by atomic mass is 9.91. The minimum atomic E-state index is -8.67. The fourth-order valence-electron chi connectivity index (χ4n) is 2.68. The second-order valence-electron chi connectivity index (χ2n) is 8.13. The number of hydrogen-bond acceptors (Lipinski definition) is 3. The van der Waals surface area contributed by atoms with Crippen molar-refractivity contribution >= 4 is 11.8 Å². The molecule has 0 heterocycles. The van der Waals surface area contributed by atoms with Crippen molar-refractivity contribution in [3.8, 4) is 5.75 Å². The number of hydrogen-bond donors (Lipinski definition) is 1. The molecule has 0 spiro atoms. The van der Waals surface area contributed by atoms with Crippen molar-refractivity contribution in [1.82, 2.24) is 0 Å². The van der Waals surface area contributed by atoms with Gasteiger partial charge in [0.05, 0.1) is 6.61 Å². The summed E-state index contributed by atoms with van der Waals surface area (Å²) in [4.78, 5) is 11.6. The van der Waals surface area contributed by atoms with Gasteiger partial charge < -0.3 is 9.47 Å². The van der Waals surface area contributed by atoms with Gasteiger partial charge >= 0.3 is 53.8 Å². The number of ether oxygens (including phenoxy) is 2. The number of nitrogens with one attached hydrogen (secondary N) is 1. The third-order valence-corrected chi connectivity index (χ3v) is 5.04. The van der Waals surface area contributed by atoms with Gasteiger partial charge in [0, 0.05) is 11.8 Å². The Kier molecular flexibility index (Phi) is 10.7. The molecule has 21 heteroatoms. The van der Waals surface area contributed by atoms with Gasteiger partial charge in [-0.15, -0.1) is 0 Å². The highest BCUT2D eigenvalue weighted by molar-refractivity contribution is 5.84. The number of rotatable bonds is 13. The molecular formula is C21H16F17NO3. The third-order valence-electron chi connectivity index (χ3n) is 5.04. The Morgan fingerprint density at radius 3 is 1.74 bits per heavy atom. The summed E-state index contributed by atoms with van der Waals surface area (Å²) in [6, 6.07) is -0.842. The fourth-order valence-corrected chi connectivity index (χ4v) is 2.68. The molecule has 4 nitrogen and oxygen atoms in total. The molecule has 0 aliphatic heterocycles. The molecule has 0 saturated carbocycles. The van der Waals surface area contributed by atoms with Crippen molar-refractivity contribution in [2.45, 2.75) is 67.9 Å². The lowest BCUT2D eigenvalue weighted by molar-refractivity contribution is -0.451. The summed E-state index contributed by atoms with van der Waals surface area (Å²) in [5.41, 5.74) is -0.433. The lowest BCUT2D eigenvalue weighted by Crippen LogP contribution is -2.72. The second-order valence-corrected chi connectivity index (χ2v) is 8.13. The Bertz CT molecular complexity index is 1130. The maximum atomic E-state index is 13.9. The standard InChI is InChI=1S/C21H16F17NO3/c1-2-3-4-8-41-14(40)39-10-6-5-7-11(9-10)42-13(23)12(22)15(24,25)16(26,27)17(28,29)18(30,31)19(32,33)20(34,35)21(36,37)38/h5-7,9H,2-4,8H2,1H3,(H,39,40). The highest BCUT2D eigenvalue weighted by Gasteiger charge is 2.93. The number of allylic oxidation sites excluding steroid dienone is 1. The molecule has 0 unspecified atom stereocenters. The number of anilines is 1. The van der Waals surface area contributed by atoms with E-state index >= 15 is 0 Å². The summed E-state index contributed by atoms with van der Waals surface area (Å²) >= 11 is 0. The second kappa shape index (κ2) is 12.2. The van der Waals surface area contributed by atoms with E-state index in [1.165, 1.54) is 0 Å². The molecule has 0 bridgehead atoms. The van der Waals surface area contributed by atoms with E-state index in [2.05, 4.69) is 4.74 Å². The monoisotopic (exact) mass is 653 g/mol. The zero-order chi connectivity index (χ0) is 33.2. The van der Waals surface area contributed by atoms with E-state index in [0.717, 1.165) is 18.6 Å². The Labute approximate surface area is 223 Å². The largest absolute Gasteiger partial charge is 0.460 e. The van der Waals surface area contributed by atoms with Gasteiger partial charge in [-0.05, 0) is 18.6 Å². The van der Waals surface area contributed by atoms with Crippen LogP contribution in [-0.2, 0) is 4.74 Å². The van der Waals surface area contributed by atoms with Crippen LogP contribution < -0.4 is 10.1 Å². The molecule has 1 N–H and O–H groups in total. The molecule has 1 aromatic carbocycles. The van der Waals surface area contributed by atoms with E-state index in [1.807, 2.05) is 12.2 Å². The van der Waals surface area contributed by atoms with Crippen molar-refractivity contribution in [3.05, 3.63) is 36.1 Å². The van der Waals surface area contributed by atoms with E-state index in [-0.39, 0.29) is 6.61 Å². The van der Waals surface area contributed by atoms with E-state index in [0.29, 0.717) is 25.0 Å². The molecule has 0 aromatic heterocycles. The van der Waals surface area contributed by atoms with Gasteiger partial charge in [0.2, 0.25) is 5.83 Å². The number of alkyl halides is 15. The van der Waals surface area contributed by atoms with E-state index in [1.54, 1.807) is 0 Å². The molecule has 0 saturated heterocycles. The van der Waals surface area contributed by atoms with E-state index in [9.17, 15) is 79.4 Å². The van der Waals surface area contributed by atoms with Crippen LogP contribution in [0.4, 0.5) is 85.1 Å². The van der Waals surface area contributed by atoms with Gasteiger partial charge in [-0.3, -0.25) is 5.32 Å². The molecule has 1 amide bonds. The van der Waals surface area contributed by atoms with Crippen molar-refractivity contribution < 1.29 is 88.9 Å². The van der Waals surface area contributed by atoms with Gasteiger partial charge in [0.25, 0.3) is 0 Å². The van der Waals surface area contributed by atoms with E-state index < -0.39 is 71.1 Å². The summed E-state index contributed by atoms with van der Waals surface area (Å²) in [7, 11) is 0. The Hall–Kier alpha value is -3.16. The zero-order valence-electron chi connectivity index (χ0n) is 20.3. The first kappa shape index (κ1) is 36.9.